The van der Waals surface area contributed by atoms with Gasteiger partial charge < -0.3 is 10.4 Å². The van der Waals surface area contributed by atoms with Crippen LogP contribution >= 0.6 is 22.6 Å². The molecule has 0 aliphatic heterocycles. The van der Waals surface area contributed by atoms with Crippen molar-refractivity contribution in [3.05, 3.63) is 69.6 Å². The SMILES string of the molecule is [CH2]Cc1ccc(CCO)c(C(=O)Nc2ccc(I)cc2)c1. The van der Waals surface area contributed by atoms with Crippen LogP contribution in [0.5, 0.6) is 0 Å². The fourth-order valence-electron chi connectivity index (χ4n) is 2.06. The first-order chi connectivity index (χ1) is 10.1. The summed E-state index contributed by atoms with van der Waals surface area (Å²) < 4.78 is 1.12. The summed E-state index contributed by atoms with van der Waals surface area (Å²) in [6, 6.07) is 13.3. The Bertz CT molecular complexity index is 623. The Balaban J connectivity index is 2.26. The van der Waals surface area contributed by atoms with Gasteiger partial charge in [-0.2, -0.15) is 0 Å². The average molecular weight is 394 g/mol. The topological polar surface area (TPSA) is 49.3 Å². The van der Waals surface area contributed by atoms with Crippen molar-refractivity contribution in [2.75, 3.05) is 11.9 Å². The number of hydrogen-bond donors (Lipinski definition) is 2. The highest BCUT2D eigenvalue weighted by Crippen LogP contribution is 2.17. The van der Waals surface area contributed by atoms with E-state index in [2.05, 4.69) is 34.8 Å². The first-order valence-corrected chi connectivity index (χ1v) is 7.80. The van der Waals surface area contributed by atoms with E-state index in [1.54, 1.807) is 0 Å². The number of rotatable bonds is 5. The van der Waals surface area contributed by atoms with E-state index in [-0.39, 0.29) is 12.5 Å². The standard InChI is InChI=1S/C17H17INO2/c1-2-12-3-4-13(9-10-20)16(11-12)17(21)19-15-7-5-14(18)6-8-15/h3-8,11,20H,1-2,9-10H2,(H,19,21). The quantitative estimate of drug-likeness (QED) is 0.764. The minimum absolute atomic E-state index is 0.0214. The molecule has 0 aromatic heterocycles. The molecule has 1 amide bonds. The predicted molar refractivity (Wildman–Crippen MR) is 93.4 cm³/mol. The fourth-order valence-corrected chi connectivity index (χ4v) is 2.42. The number of halogens is 1. The second-order valence-corrected chi connectivity index (χ2v) is 5.92. The monoisotopic (exact) mass is 394 g/mol. The number of carbonyl (C=O) groups is 1. The van der Waals surface area contributed by atoms with Crippen LogP contribution < -0.4 is 5.32 Å². The number of nitrogens with one attached hydrogen (secondary N) is 1. The molecule has 0 saturated carbocycles. The maximum Gasteiger partial charge on any atom is 0.255 e. The third-order valence-electron chi connectivity index (χ3n) is 3.19. The van der Waals surface area contributed by atoms with Crippen LogP contribution in [0, 0.1) is 10.5 Å². The largest absolute Gasteiger partial charge is 0.396 e. The van der Waals surface area contributed by atoms with Gasteiger partial charge in [-0.25, -0.2) is 0 Å². The van der Waals surface area contributed by atoms with Gasteiger partial charge in [0.1, 0.15) is 0 Å². The normalized spacial score (nSPS) is 10.4. The molecule has 0 aliphatic carbocycles. The number of amides is 1. The number of anilines is 1. The van der Waals surface area contributed by atoms with E-state index < -0.39 is 0 Å². The van der Waals surface area contributed by atoms with Gasteiger partial charge in [0.25, 0.3) is 5.91 Å². The maximum atomic E-state index is 12.4. The molecule has 0 spiro atoms. The van der Waals surface area contributed by atoms with Gasteiger partial charge >= 0.3 is 0 Å². The number of benzene rings is 2. The molecule has 0 heterocycles. The molecule has 2 aromatic carbocycles. The van der Waals surface area contributed by atoms with Crippen LogP contribution in [0.2, 0.25) is 0 Å². The lowest BCUT2D eigenvalue weighted by atomic mass is 10.00. The van der Waals surface area contributed by atoms with Crippen molar-refractivity contribution < 1.29 is 9.90 Å². The van der Waals surface area contributed by atoms with Gasteiger partial charge in [-0.15, -0.1) is 0 Å². The Morgan fingerprint density at radius 3 is 2.52 bits per heavy atom. The maximum absolute atomic E-state index is 12.4. The number of carbonyl (C=O) groups excluding carboxylic acids is 1. The van der Waals surface area contributed by atoms with Crippen molar-refractivity contribution >= 4 is 34.2 Å². The Labute approximate surface area is 138 Å². The van der Waals surface area contributed by atoms with E-state index in [0.29, 0.717) is 18.4 Å². The van der Waals surface area contributed by atoms with Gasteiger partial charge in [0, 0.05) is 21.4 Å². The summed E-state index contributed by atoms with van der Waals surface area (Å²) in [7, 11) is 0. The van der Waals surface area contributed by atoms with E-state index in [0.717, 1.165) is 20.4 Å². The van der Waals surface area contributed by atoms with Crippen molar-refractivity contribution in [3.63, 3.8) is 0 Å². The first-order valence-electron chi connectivity index (χ1n) is 6.73. The van der Waals surface area contributed by atoms with Gasteiger partial charge in [0.15, 0.2) is 0 Å². The Hall–Kier alpha value is -1.40. The minimum Gasteiger partial charge on any atom is -0.396 e. The Kier molecular flexibility index (Phi) is 5.76. The highest BCUT2D eigenvalue weighted by Gasteiger charge is 2.12. The fraction of sp³-hybridized carbons (Fsp3) is 0.176. The molecule has 0 atom stereocenters. The second kappa shape index (κ2) is 7.56. The second-order valence-electron chi connectivity index (χ2n) is 4.68. The molecule has 0 fully saturated rings. The Morgan fingerprint density at radius 1 is 1.19 bits per heavy atom. The molecule has 21 heavy (non-hydrogen) atoms. The lowest BCUT2D eigenvalue weighted by molar-refractivity contribution is 0.102. The van der Waals surface area contributed by atoms with Crippen molar-refractivity contribution in [3.8, 4) is 0 Å². The zero-order chi connectivity index (χ0) is 15.2. The molecule has 2 aromatic rings. The highest BCUT2D eigenvalue weighted by molar-refractivity contribution is 14.1. The van der Waals surface area contributed by atoms with Crippen LogP contribution in [-0.4, -0.2) is 17.6 Å². The van der Waals surface area contributed by atoms with E-state index in [4.69, 9.17) is 5.11 Å². The third kappa shape index (κ3) is 4.28. The number of aliphatic hydroxyl groups excluding tert-OH is 1. The molecule has 3 nitrogen and oxygen atoms in total. The van der Waals surface area contributed by atoms with Crippen LogP contribution in [0.1, 0.15) is 21.5 Å². The molecule has 0 bridgehead atoms. The van der Waals surface area contributed by atoms with Crippen molar-refractivity contribution in [1.82, 2.24) is 0 Å². The highest BCUT2D eigenvalue weighted by atomic mass is 127. The summed E-state index contributed by atoms with van der Waals surface area (Å²) in [6.07, 6.45) is 1.09. The van der Waals surface area contributed by atoms with Crippen LogP contribution in [0.15, 0.2) is 42.5 Å². The summed E-state index contributed by atoms with van der Waals surface area (Å²) in [5.74, 6) is -0.157. The van der Waals surface area contributed by atoms with E-state index in [9.17, 15) is 4.79 Å². The zero-order valence-corrected chi connectivity index (χ0v) is 13.8. The molecule has 0 saturated heterocycles. The van der Waals surface area contributed by atoms with E-state index in [1.165, 1.54) is 0 Å². The smallest absolute Gasteiger partial charge is 0.255 e. The first kappa shape index (κ1) is 16.0. The molecule has 2 N–H and O–H groups in total. The summed E-state index contributed by atoms with van der Waals surface area (Å²) in [5.41, 5.74) is 3.21. The molecular weight excluding hydrogens is 377 g/mol. The Morgan fingerprint density at radius 2 is 1.90 bits per heavy atom. The van der Waals surface area contributed by atoms with Gasteiger partial charge in [-0.3, -0.25) is 4.79 Å². The zero-order valence-electron chi connectivity index (χ0n) is 11.6. The third-order valence-corrected chi connectivity index (χ3v) is 3.91. The van der Waals surface area contributed by atoms with Crippen LogP contribution in [0.25, 0.3) is 0 Å². The van der Waals surface area contributed by atoms with Crippen molar-refractivity contribution in [2.24, 2.45) is 0 Å². The summed E-state index contributed by atoms with van der Waals surface area (Å²) in [6.45, 7) is 3.87. The van der Waals surface area contributed by atoms with E-state index in [1.807, 2.05) is 42.5 Å². The summed E-state index contributed by atoms with van der Waals surface area (Å²) in [5, 5.41) is 12.0. The van der Waals surface area contributed by atoms with Crippen molar-refractivity contribution in [1.29, 1.82) is 0 Å². The van der Waals surface area contributed by atoms with Crippen LogP contribution in [0.4, 0.5) is 5.69 Å². The van der Waals surface area contributed by atoms with Gasteiger partial charge in [-0.05, 0) is 83.8 Å². The molecule has 2 rings (SSSR count). The molecule has 1 radical (unpaired) electrons. The lowest BCUT2D eigenvalue weighted by Gasteiger charge is -2.11. The van der Waals surface area contributed by atoms with Gasteiger partial charge in [-0.1, -0.05) is 12.1 Å². The van der Waals surface area contributed by atoms with Crippen LogP contribution in [0.3, 0.4) is 0 Å². The van der Waals surface area contributed by atoms with E-state index >= 15 is 0 Å². The average Bonchev–Trinajstić information content (AvgIpc) is 2.50. The number of hydrogen-bond acceptors (Lipinski definition) is 2. The lowest BCUT2D eigenvalue weighted by Crippen LogP contribution is -2.15. The molecule has 109 valence electrons. The minimum atomic E-state index is -0.157. The van der Waals surface area contributed by atoms with Gasteiger partial charge in [0.05, 0.1) is 0 Å². The van der Waals surface area contributed by atoms with Crippen LogP contribution in [-0.2, 0) is 12.8 Å². The summed E-state index contributed by atoms with van der Waals surface area (Å²) >= 11 is 2.22. The molecular formula is C17H17INO2. The van der Waals surface area contributed by atoms with Crippen molar-refractivity contribution in [2.45, 2.75) is 12.8 Å². The number of aliphatic hydroxyl groups is 1. The summed E-state index contributed by atoms with van der Waals surface area (Å²) in [4.78, 5) is 12.4. The molecule has 4 heteroatoms. The molecule has 0 unspecified atom stereocenters. The van der Waals surface area contributed by atoms with Gasteiger partial charge in [0.2, 0.25) is 0 Å². The predicted octanol–water partition coefficient (Wildman–Crippen LogP) is 3.45. The molecule has 0 aliphatic rings.